The molecule has 0 spiro atoms. The molecule has 0 radical (unpaired) electrons. The largest absolute Gasteiger partial charge is 0.409 e. The van der Waals surface area contributed by atoms with E-state index in [1.165, 1.54) is 17.0 Å². The van der Waals surface area contributed by atoms with E-state index in [0.29, 0.717) is 12.2 Å². The Morgan fingerprint density at radius 2 is 2.28 bits per heavy atom. The molecule has 6 nitrogen and oxygen atoms in total. The van der Waals surface area contributed by atoms with E-state index >= 15 is 0 Å². The van der Waals surface area contributed by atoms with Gasteiger partial charge in [0.15, 0.2) is 5.84 Å². The molecule has 0 saturated carbocycles. The van der Waals surface area contributed by atoms with Gasteiger partial charge in [-0.2, -0.15) is 0 Å². The Kier molecular flexibility index (Phi) is 4.47. The minimum absolute atomic E-state index is 0.0746. The van der Waals surface area contributed by atoms with Crippen molar-refractivity contribution in [2.45, 2.75) is 6.92 Å². The number of anilines is 1. The van der Waals surface area contributed by atoms with Gasteiger partial charge in [0.2, 0.25) is 0 Å². The first kappa shape index (κ1) is 13.8. The number of halogens is 1. The number of benzene rings is 1. The van der Waals surface area contributed by atoms with E-state index in [0.717, 1.165) is 6.07 Å². The highest BCUT2D eigenvalue weighted by Gasteiger charge is 2.11. The van der Waals surface area contributed by atoms with Crippen molar-refractivity contribution < 1.29 is 14.4 Å². The van der Waals surface area contributed by atoms with Crippen LogP contribution in [0.25, 0.3) is 0 Å². The van der Waals surface area contributed by atoms with Gasteiger partial charge in [-0.3, -0.25) is 0 Å². The quantitative estimate of drug-likeness (QED) is 0.329. The highest BCUT2D eigenvalue weighted by molar-refractivity contribution is 5.99. The van der Waals surface area contributed by atoms with Gasteiger partial charge in [0, 0.05) is 19.3 Å². The first-order valence-corrected chi connectivity index (χ1v) is 5.29. The number of nitrogens with zero attached hydrogens (tertiary/aromatic N) is 2. The van der Waals surface area contributed by atoms with E-state index in [-0.39, 0.29) is 17.4 Å². The Labute approximate surface area is 104 Å². The molecule has 1 aromatic rings. The van der Waals surface area contributed by atoms with Crippen molar-refractivity contribution in [1.82, 2.24) is 4.90 Å². The Morgan fingerprint density at radius 3 is 2.83 bits per heavy atom. The van der Waals surface area contributed by atoms with Crippen molar-refractivity contribution in [3.8, 4) is 0 Å². The third-order valence-electron chi connectivity index (χ3n) is 2.42. The standard InChI is InChI=1S/C11H15FN4O2/c1-3-16(2)11(17)14-7-4-5-9(12)8(6-7)10(13)15-18/h4-6,18H,3H2,1-2H3,(H2,13,15)(H,14,17). The Bertz CT molecular complexity index is 476. The topological polar surface area (TPSA) is 91.0 Å². The molecule has 0 heterocycles. The third-order valence-corrected chi connectivity index (χ3v) is 2.42. The predicted octanol–water partition coefficient (Wildman–Crippen LogP) is 1.40. The smallest absolute Gasteiger partial charge is 0.321 e. The van der Waals surface area contributed by atoms with Crippen molar-refractivity contribution in [1.29, 1.82) is 0 Å². The van der Waals surface area contributed by atoms with Gasteiger partial charge >= 0.3 is 6.03 Å². The van der Waals surface area contributed by atoms with Crippen LogP contribution in [0, 0.1) is 5.82 Å². The Morgan fingerprint density at radius 1 is 1.61 bits per heavy atom. The molecule has 1 aromatic carbocycles. The molecule has 0 fully saturated rings. The lowest BCUT2D eigenvalue weighted by molar-refractivity contribution is 0.224. The molecule has 0 aliphatic heterocycles. The molecule has 0 aromatic heterocycles. The number of hydrogen-bond donors (Lipinski definition) is 3. The van der Waals surface area contributed by atoms with Crippen LogP contribution in [0.1, 0.15) is 12.5 Å². The molecule has 98 valence electrons. The number of carbonyl (C=O) groups excluding carboxylic acids is 1. The molecular formula is C11H15FN4O2. The predicted molar refractivity (Wildman–Crippen MR) is 66.2 cm³/mol. The molecular weight excluding hydrogens is 239 g/mol. The summed E-state index contributed by atoms with van der Waals surface area (Å²) in [7, 11) is 1.63. The molecule has 0 unspecified atom stereocenters. The van der Waals surface area contributed by atoms with Crippen LogP contribution in [-0.4, -0.2) is 35.6 Å². The lowest BCUT2D eigenvalue weighted by Crippen LogP contribution is -2.31. The summed E-state index contributed by atoms with van der Waals surface area (Å²) in [4.78, 5) is 13.0. The van der Waals surface area contributed by atoms with Crippen molar-refractivity contribution in [2.24, 2.45) is 10.9 Å². The molecule has 0 aliphatic rings. The lowest BCUT2D eigenvalue weighted by atomic mass is 10.1. The first-order valence-electron chi connectivity index (χ1n) is 5.29. The zero-order chi connectivity index (χ0) is 13.7. The minimum atomic E-state index is -0.632. The maximum absolute atomic E-state index is 13.4. The molecule has 4 N–H and O–H groups in total. The number of amides is 2. The number of rotatable bonds is 3. The summed E-state index contributed by atoms with van der Waals surface area (Å²) in [5.41, 5.74) is 5.61. The molecule has 0 bridgehead atoms. The molecule has 1 rings (SSSR count). The van der Waals surface area contributed by atoms with Crippen LogP contribution >= 0.6 is 0 Å². The number of amidine groups is 1. The number of nitrogens with two attached hydrogens (primary N) is 1. The maximum Gasteiger partial charge on any atom is 0.321 e. The summed E-state index contributed by atoms with van der Waals surface area (Å²) in [6, 6.07) is 3.50. The number of urea groups is 1. The van der Waals surface area contributed by atoms with Crippen LogP contribution in [0.2, 0.25) is 0 Å². The number of nitrogens with one attached hydrogen (secondary N) is 1. The second-order valence-electron chi connectivity index (χ2n) is 3.62. The Hall–Kier alpha value is -2.31. The second-order valence-corrected chi connectivity index (χ2v) is 3.62. The normalized spacial score (nSPS) is 11.2. The van der Waals surface area contributed by atoms with Crippen LogP contribution in [-0.2, 0) is 0 Å². The SMILES string of the molecule is CCN(C)C(=O)Nc1ccc(F)c(C(N)=NO)c1. The van der Waals surface area contributed by atoms with Crippen LogP contribution in [0.4, 0.5) is 14.9 Å². The molecule has 2 amide bonds. The average Bonchev–Trinajstić information content (AvgIpc) is 2.38. The summed E-state index contributed by atoms with van der Waals surface area (Å²) in [5.74, 6) is -0.986. The number of oxime groups is 1. The molecule has 18 heavy (non-hydrogen) atoms. The van der Waals surface area contributed by atoms with Gasteiger partial charge in [0.1, 0.15) is 5.82 Å². The molecule has 0 atom stereocenters. The van der Waals surface area contributed by atoms with Gasteiger partial charge in [-0.25, -0.2) is 9.18 Å². The van der Waals surface area contributed by atoms with Gasteiger partial charge < -0.3 is 21.2 Å². The third kappa shape index (κ3) is 3.09. The lowest BCUT2D eigenvalue weighted by Gasteiger charge is -2.15. The molecule has 7 heteroatoms. The van der Waals surface area contributed by atoms with E-state index in [4.69, 9.17) is 10.9 Å². The zero-order valence-corrected chi connectivity index (χ0v) is 10.1. The van der Waals surface area contributed by atoms with Gasteiger partial charge in [-0.15, -0.1) is 0 Å². The van der Waals surface area contributed by atoms with E-state index in [1.807, 2.05) is 6.92 Å². The fourth-order valence-corrected chi connectivity index (χ4v) is 1.22. The van der Waals surface area contributed by atoms with E-state index < -0.39 is 5.82 Å². The maximum atomic E-state index is 13.4. The summed E-state index contributed by atoms with van der Waals surface area (Å²) in [6.07, 6.45) is 0. The highest BCUT2D eigenvalue weighted by Crippen LogP contribution is 2.15. The number of carbonyl (C=O) groups is 1. The summed E-state index contributed by atoms with van der Waals surface area (Å²) in [6.45, 7) is 2.37. The Balaban J connectivity index is 2.96. The fourth-order valence-electron chi connectivity index (χ4n) is 1.22. The summed E-state index contributed by atoms with van der Waals surface area (Å²) in [5, 5.41) is 13.8. The molecule has 0 aliphatic carbocycles. The van der Waals surface area contributed by atoms with Gasteiger partial charge in [-0.1, -0.05) is 5.16 Å². The van der Waals surface area contributed by atoms with Crippen LogP contribution in [0.5, 0.6) is 0 Å². The van der Waals surface area contributed by atoms with E-state index in [1.54, 1.807) is 7.05 Å². The average molecular weight is 254 g/mol. The van der Waals surface area contributed by atoms with Crippen LogP contribution in [0.3, 0.4) is 0 Å². The van der Waals surface area contributed by atoms with Crippen molar-refractivity contribution in [3.05, 3.63) is 29.6 Å². The highest BCUT2D eigenvalue weighted by atomic mass is 19.1. The summed E-state index contributed by atoms with van der Waals surface area (Å²) >= 11 is 0. The van der Waals surface area contributed by atoms with E-state index in [9.17, 15) is 9.18 Å². The zero-order valence-electron chi connectivity index (χ0n) is 10.1. The van der Waals surface area contributed by atoms with Crippen molar-refractivity contribution >= 4 is 17.6 Å². The minimum Gasteiger partial charge on any atom is -0.409 e. The summed E-state index contributed by atoms with van der Waals surface area (Å²) < 4.78 is 13.4. The molecule has 0 saturated heterocycles. The van der Waals surface area contributed by atoms with Gasteiger partial charge in [0.25, 0.3) is 0 Å². The first-order chi connectivity index (χ1) is 8.49. The van der Waals surface area contributed by atoms with E-state index in [2.05, 4.69) is 10.5 Å². The van der Waals surface area contributed by atoms with Crippen molar-refractivity contribution in [3.63, 3.8) is 0 Å². The van der Waals surface area contributed by atoms with Gasteiger partial charge in [0.05, 0.1) is 5.56 Å². The van der Waals surface area contributed by atoms with Crippen LogP contribution in [0.15, 0.2) is 23.4 Å². The second kappa shape index (κ2) is 5.85. The fraction of sp³-hybridized carbons (Fsp3) is 0.273. The van der Waals surface area contributed by atoms with Crippen molar-refractivity contribution in [2.75, 3.05) is 18.9 Å². The van der Waals surface area contributed by atoms with Gasteiger partial charge in [-0.05, 0) is 25.1 Å². The number of hydrogen-bond acceptors (Lipinski definition) is 3. The monoisotopic (exact) mass is 254 g/mol. The van der Waals surface area contributed by atoms with Crippen LogP contribution < -0.4 is 11.1 Å².